The molecule has 1 saturated carbocycles. The summed E-state index contributed by atoms with van der Waals surface area (Å²) in [5.41, 5.74) is 0. The summed E-state index contributed by atoms with van der Waals surface area (Å²) in [7, 11) is 0. The van der Waals surface area contributed by atoms with Crippen LogP contribution in [0.2, 0.25) is 0 Å². The molecule has 0 aliphatic heterocycles. The van der Waals surface area contributed by atoms with Gasteiger partial charge in [0.2, 0.25) is 0 Å². The van der Waals surface area contributed by atoms with Crippen LogP contribution in [0.25, 0.3) is 0 Å². The molecule has 3 nitrogen and oxygen atoms in total. The molecule has 15 heavy (non-hydrogen) atoms. The van der Waals surface area contributed by atoms with Gasteiger partial charge in [0.25, 0.3) is 0 Å². The lowest BCUT2D eigenvalue weighted by Crippen LogP contribution is -2.34. The number of ketones is 2. The van der Waals surface area contributed by atoms with Crippen LogP contribution < -0.4 is 0 Å². The minimum absolute atomic E-state index is 0.0350. The molecule has 1 fully saturated rings. The summed E-state index contributed by atoms with van der Waals surface area (Å²) in [5, 5.41) is 9.55. The van der Waals surface area contributed by atoms with Gasteiger partial charge in [0.15, 0.2) is 0 Å². The Morgan fingerprint density at radius 1 is 1.07 bits per heavy atom. The van der Waals surface area contributed by atoms with Crippen molar-refractivity contribution < 1.29 is 14.7 Å². The van der Waals surface area contributed by atoms with Crippen molar-refractivity contribution in [3.63, 3.8) is 0 Å². The van der Waals surface area contributed by atoms with Gasteiger partial charge in [-0.05, 0) is 46.0 Å². The van der Waals surface area contributed by atoms with Crippen molar-refractivity contribution in [2.45, 2.75) is 46.1 Å². The van der Waals surface area contributed by atoms with Gasteiger partial charge < -0.3 is 5.11 Å². The highest BCUT2D eigenvalue weighted by molar-refractivity contribution is 5.82. The molecular weight excluding hydrogens is 192 g/mol. The maximum atomic E-state index is 11.3. The highest BCUT2D eigenvalue weighted by Crippen LogP contribution is 2.36. The van der Waals surface area contributed by atoms with Crippen LogP contribution in [0.4, 0.5) is 0 Å². The van der Waals surface area contributed by atoms with E-state index in [1.54, 1.807) is 20.8 Å². The van der Waals surface area contributed by atoms with E-state index in [0.717, 1.165) is 12.8 Å². The Labute approximate surface area is 90.9 Å². The Kier molecular flexibility index (Phi) is 4.03. The summed E-state index contributed by atoms with van der Waals surface area (Å²) in [6.45, 7) is 4.89. The van der Waals surface area contributed by atoms with Crippen molar-refractivity contribution >= 4 is 11.6 Å². The zero-order valence-electron chi connectivity index (χ0n) is 9.69. The third kappa shape index (κ3) is 3.13. The van der Waals surface area contributed by atoms with E-state index in [9.17, 15) is 14.7 Å². The van der Waals surface area contributed by atoms with E-state index in [4.69, 9.17) is 0 Å². The molecule has 0 spiro atoms. The van der Waals surface area contributed by atoms with Gasteiger partial charge in [-0.2, -0.15) is 0 Å². The fourth-order valence-corrected chi connectivity index (χ4v) is 2.42. The minimum atomic E-state index is -0.422. The first kappa shape index (κ1) is 12.4. The molecule has 3 unspecified atom stereocenters. The fraction of sp³-hybridized carbons (Fsp3) is 0.833. The van der Waals surface area contributed by atoms with Crippen molar-refractivity contribution in [3.8, 4) is 0 Å². The van der Waals surface area contributed by atoms with Crippen LogP contribution >= 0.6 is 0 Å². The van der Waals surface area contributed by atoms with Crippen molar-refractivity contribution in [2.24, 2.45) is 17.8 Å². The smallest absolute Gasteiger partial charge is 0.132 e. The maximum Gasteiger partial charge on any atom is 0.132 e. The third-order valence-electron chi connectivity index (χ3n) is 3.58. The number of aliphatic hydroxyl groups excluding tert-OH is 1. The van der Waals surface area contributed by atoms with Crippen molar-refractivity contribution in [1.82, 2.24) is 0 Å². The standard InChI is InChI=1S/C12H20O3/c1-7(13)10-4-11(8(2)14)6-12(5-10)9(3)15/h7,10-13H,4-6H2,1-3H3. The molecule has 1 aliphatic rings. The summed E-state index contributed by atoms with van der Waals surface area (Å²) in [6.07, 6.45) is 1.72. The highest BCUT2D eigenvalue weighted by atomic mass is 16.3. The average molecular weight is 212 g/mol. The van der Waals surface area contributed by atoms with Crippen LogP contribution in [-0.4, -0.2) is 22.8 Å². The molecule has 0 saturated heterocycles. The molecule has 3 atom stereocenters. The molecule has 1 aliphatic carbocycles. The lowest BCUT2D eigenvalue weighted by molar-refractivity contribution is -0.127. The normalized spacial score (nSPS) is 33.5. The van der Waals surface area contributed by atoms with Gasteiger partial charge in [-0.15, -0.1) is 0 Å². The first-order valence-electron chi connectivity index (χ1n) is 5.60. The Hall–Kier alpha value is -0.700. The van der Waals surface area contributed by atoms with Crippen molar-refractivity contribution in [1.29, 1.82) is 0 Å². The van der Waals surface area contributed by atoms with Gasteiger partial charge in [0.05, 0.1) is 6.10 Å². The molecule has 1 N–H and O–H groups in total. The van der Waals surface area contributed by atoms with Crippen LogP contribution in [0.1, 0.15) is 40.0 Å². The summed E-state index contributed by atoms with van der Waals surface area (Å²) in [5.74, 6) is 0.319. The third-order valence-corrected chi connectivity index (χ3v) is 3.58. The predicted octanol–water partition coefficient (Wildman–Crippen LogP) is 1.58. The van der Waals surface area contributed by atoms with Gasteiger partial charge in [0, 0.05) is 11.8 Å². The van der Waals surface area contributed by atoms with Crippen LogP contribution in [0.5, 0.6) is 0 Å². The Morgan fingerprint density at radius 3 is 1.73 bits per heavy atom. The van der Waals surface area contributed by atoms with E-state index in [1.165, 1.54) is 0 Å². The van der Waals surface area contributed by atoms with Gasteiger partial charge in [-0.1, -0.05) is 0 Å². The molecule has 0 aromatic heterocycles. The number of carbonyl (C=O) groups excluding carboxylic acids is 2. The van der Waals surface area contributed by atoms with Crippen LogP contribution in [0.15, 0.2) is 0 Å². The molecule has 0 aromatic rings. The molecular formula is C12H20O3. The average Bonchev–Trinajstić information content (AvgIpc) is 2.16. The summed E-state index contributed by atoms with van der Waals surface area (Å²) in [4.78, 5) is 22.7. The van der Waals surface area contributed by atoms with E-state index in [1.807, 2.05) is 0 Å². The largest absolute Gasteiger partial charge is 0.393 e. The van der Waals surface area contributed by atoms with Gasteiger partial charge >= 0.3 is 0 Å². The topological polar surface area (TPSA) is 54.4 Å². The van der Waals surface area contributed by atoms with E-state index in [0.29, 0.717) is 6.42 Å². The van der Waals surface area contributed by atoms with Crippen LogP contribution in [0.3, 0.4) is 0 Å². The second kappa shape index (κ2) is 4.88. The molecule has 0 aromatic carbocycles. The van der Waals surface area contributed by atoms with Crippen LogP contribution in [0, 0.1) is 17.8 Å². The van der Waals surface area contributed by atoms with Gasteiger partial charge in [0.1, 0.15) is 11.6 Å². The van der Waals surface area contributed by atoms with E-state index < -0.39 is 6.10 Å². The molecule has 0 bridgehead atoms. The molecule has 86 valence electrons. The Morgan fingerprint density at radius 2 is 1.47 bits per heavy atom. The van der Waals surface area contributed by atoms with Gasteiger partial charge in [-0.25, -0.2) is 0 Å². The quantitative estimate of drug-likeness (QED) is 0.772. The summed E-state index contributed by atoms with van der Waals surface area (Å²) in [6, 6.07) is 0. The van der Waals surface area contributed by atoms with E-state index in [-0.39, 0.29) is 29.3 Å². The lowest BCUT2D eigenvalue weighted by Gasteiger charge is -2.34. The SMILES string of the molecule is CC(=O)C1CC(C(C)=O)CC(C(C)O)C1. The second-order valence-corrected chi connectivity index (χ2v) is 4.82. The number of rotatable bonds is 3. The molecule has 1 rings (SSSR count). The summed E-state index contributed by atoms with van der Waals surface area (Å²) < 4.78 is 0. The molecule has 0 amide bonds. The maximum absolute atomic E-state index is 11.3. The molecule has 3 heteroatoms. The fourth-order valence-electron chi connectivity index (χ4n) is 2.42. The van der Waals surface area contributed by atoms with Crippen molar-refractivity contribution in [3.05, 3.63) is 0 Å². The highest BCUT2D eigenvalue weighted by Gasteiger charge is 2.34. The predicted molar refractivity (Wildman–Crippen MR) is 57.4 cm³/mol. The Balaban J connectivity index is 2.72. The van der Waals surface area contributed by atoms with Crippen LogP contribution in [-0.2, 0) is 9.59 Å². The van der Waals surface area contributed by atoms with Crippen molar-refractivity contribution in [2.75, 3.05) is 0 Å². The number of aliphatic hydroxyl groups is 1. The molecule has 0 radical (unpaired) electrons. The number of carbonyl (C=O) groups is 2. The first-order valence-corrected chi connectivity index (χ1v) is 5.60. The minimum Gasteiger partial charge on any atom is -0.393 e. The second-order valence-electron chi connectivity index (χ2n) is 4.82. The Bertz CT molecular complexity index is 236. The van der Waals surface area contributed by atoms with E-state index in [2.05, 4.69) is 0 Å². The molecule has 0 heterocycles. The van der Waals surface area contributed by atoms with E-state index >= 15 is 0 Å². The zero-order valence-corrected chi connectivity index (χ0v) is 9.69. The number of hydrogen-bond acceptors (Lipinski definition) is 3. The summed E-state index contributed by atoms with van der Waals surface area (Å²) >= 11 is 0. The number of hydrogen-bond donors (Lipinski definition) is 1. The number of Topliss-reactive ketones (excluding diaryl/α,β-unsaturated/α-hetero) is 2. The first-order chi connectivity index (χ1) is 6.91. The monoisotopic (exact) mass is 212 g/mol. The van der Waals surface area contributed by atoms with Gasteiger partial charge in [-0.3, -0.25) is 9.59 Å². The lowest BCUT2D eigenvalue weighted by atomic mass is 9.71. The zero-order chi connectivity index (χ0) is 11.6.